The summed E-state index contributed by atoms with van der Waals surface area (Å²) in [5, 5.41) is 5.25. The molecule has 102 valence electrons. The van der Waals surface area contributed by atoms with Gasteiger partial charge >= 0.3 is 0 Å². The molecule has 0 radical (unpaired) electrons. The number of aromatic nitrogens is 3. The largest absolute Gasteiger partial charge is 0.350 e. The van der Waals surface area contributed by atoms with Gasteiger partial charge in [-0.1, -0.05) is 31.1 Å². The molecular weight excluding hydrogens is 260 g/mol. The molecule has 1 fully saturated rings. The van der Waals surface area contributed by atoms with Crippen LogP contribution in [0.3, 0.4) is 0 Å². The lowest BCUT2D eigenvalue weighted by molar-refractivity contribution is 0.704. The molecule has 0 aromatic carbocycles. The second-order valence-corrected chi connectivity index (χ2v) is 6.11. The van der Waals surface area contributed by atoms with Crippen LogP contribution in [0.15, 0.2) is 10.9 Å². The fourth-order valence-corrected chi connectivity index (χ4v) is 2.97. The molecule has 1 aliphatic carbocycles. The van der Waals surface area contributed by atoms with Gasteiger partial charge in [-0.2, -0.15) is 4.52 Å². The molecule has 2 aromatic rings. The van der Waals surface area contributed by atoms with E-state index in [-0.39, 0.29) is 5.56 Å². The molecule has 0 N–H and O–H groups in total. The maximum absolute atomic E-state index is 11.9. The van der Waals surface area contributed by atoms with Crippen molar-refractivity contribution in [3.8, 4) is 0 Å². The average Bonchev–Trinajstić information content (AvgIpc) is 3.13. The Balaban J connectivity index is 1.87. The first-order valence-corrected chi connectivity index (χ1v) is 7.60. The summed E-state index contributed by atoms with van der Waals surface area (Å²) in [5.74, 6) is 0.907. The summed E-state index contributed by atoms with van der Waals surface area (Å²) >= 11 is 1.49. The van der Waals surface area contributed by atoms with E-state index in [2.05, 4.69) is 15.0 Å². The summed E-state index contributed by atoms with van der Waals surface area (Å²) in [6, 6.07) is 1.57. The third kappa shape index (κ3) is 2.63. The summed E-state index contributed by atoms with van der Waals surface area (Å²) in [7, 11) is 2.03. The monoisotopic (exact) mass is 278 g/mol. The highest BCUT2D eigenvalue weighted by atomic mass is 32.1. The van der Waals surface area contributed by atoms with Gasteiger partial charge in [0.2, 0.25) is 10.1 Å². The number of hydrogen-bond acceptors (Lipinski definition) is 5. The van der Waals surface area contributed by atoms with Gasteiger partial charge in [-0.05, 0) is 18.8 Å². The first kappa shape index (κ1) is 12.6. The van der Waals surface area contributed by atoms with E-state index in [9.17, 15) is 4.79 Å². The molecule has 1 aliphatic rings. The van der Waals surface area contributed by atoms with E-state index < -0.39 is 0 Å². The Bertz CT molecular complexity index is 644. The van der Waals surface area contributed by atoms with Gasteiger partial charge in [-0.25, -0.2) is 4.98 Å². The van der Waals surface area contributed by atoms with Crippen LogP contribution in [0.25, 0.3) is 4.96 Å². The molecule has 0 atom stereocenters. The number of nitrogens with zero attached hydrogens (tertiary/aromatic N) is 4. The van der Waals surface area contributed by atoms with Crippen LogP contribution in [-0.2, 0) is 6.42 Å². The van der Waals surface area contributed by atoms with Gasteiger partial charge in [0.15, 0.2) is 0 Å². The Morgan fingerprint density at radius 2 is 2.32 bits per heavy atom. The van der Waals surface area contributed by atoms with Crippen LogP contribution in [0.1, 0.15) is 31.9 Å². The molecule has 0 bridgehead atoms. The van der Waals surface area contributed by atoms with Gasteiger partial charge in [-0.15, -0.1) is 5.10 Å². The first-order chi connectivity index (χ1) is 9.17. The van der Waals surface area contributed by atoms with Crippen LogP contribution >= 0.6 is 11.3 Å². The SMILES string of the molecule is CCc1cc(=O)n2nc(N(C)CCC3CC3)sc2n1. The third-order valence-corrected chi connectivity index (χ3v) is 4.57. The molecule has 0 unspecified atom stereocenters. The van der Waals surface area contributed by atoms with E-state index in [1.807, 2.05) is 14.0 Å². The Kier molecular flexibility index (Phi) is 3.26. The number of hydrogen-bond donors (Lipinski definition) is 0. The number of anilines is 1. The normalized spacial score (nSPS) is 15.1. The minimum atomic E-state index is -0.0834. The van der Waals surface area contributed by atoms with E-state index >= 15 is 0 Å². The van der Waals surface area contributed by atoms with Gasteiger partial charge < -0.3 is 4.90 Å². The summed E-state index contributed by atoms with van der Waals surface area (Å²) in [6.45, 7) is 3.00. The van der Waals surface area contributed by atoms with Gasteiger partial charge in [0.25, 0.3) is 5.56 Å². The Morgan fingerprint density at radius 3 is 3.00 bits per heavy atom. The standard InChI is InChI=1S/C13H18N4OS/c1-3-10-8-11(18)17-12(14-10)19-13(15-17)16(2)7-6-9-4-5-9/h8-9H,3-7H2,1-2H3. The van der Waals surface area contributed by atoms with Gasteiger partial charge in [0.05, 0.1) is 0 Å². The lowest BCUT2D eigenvalue weighted by atomic mass is 10.3. The Morgan fingerprint density at radius 1 is 1.53 bits per heavy atom. The molecule has 5 nitrogen and oxygen atoms in total. The number of fused-ring (bicyclic) bond motifs is 1. The topological polar surface area (TPSA) is 50.5 Å². The van der Waals surface area contributed by atoms with Crippen molar-refractivity contribution in [2.24, 2.45) is 5.92 Å². The smallest absolute Gasteiger partial charge is 0.275 e. The zero-order valence-electron chi connectivity index (χ0n) is 11.3. The van der Waals surface area contributed by atoms with Crippen molar-refractivity contribution in [1.29, 1.82) is 0 Å². The predicted octanol–water partition coefficient (Wildman–Crippen LogP) is 1.95. The molecular formula is C13H18N4OS. The molecule has 1 saturated carbocycles. The van der Waals surface area contributed by atoms with Crippen molar-refractivity contribution >= 4 is 21.4 Å². The predicted molar refractivity (Wildman–Crippen MR) is 77.1 cm³/mol. The summed E-state index contributed by atoms with van der Waals surface area (Å²) in [4.78, 5) is 19.2. The van der Waals surface area contributed by atoms with Crippen LogP contribution in [0.4, 0.5) is 5.13 Å². The van der Waals surface area contributed by atoms with E-state index in [0.29, 0.717) is 4.96 Å². The molecule has 2 aromatic heterocycles. The number of rotatable bonds is 5. The lowest BCUT2D eigenvalue weighted by Crippen LogP contribution is -2.20. The Labute approximate surface area is 115 Å². The molecule has 0 aliphatic heterocycles. The minimum Gasteiger partial charge on any atom is -0.350 e. The fraction of sp³-hybridized carbons (Fsp3) is 0.615. The zero-order valence-corrected chi connectivity index (χ0v) is 12.1. The van der Waals surface area contributed by atoms with Crippen LogP contribution in [-0.4, -0.2) is 28.2 Å². The average molecular weight is 278 g/mol. The van der Waals surface area contributed by atoms with Crippen LogP contribution in [0.2, 0.25) is 0 Å². The molecule has 2 heterocycles. The second-order valence-electron chi connectivity index (χ2n) is 5.17. The summed E-state index contributed by atoms with van der Waals surface area (Å²) < 4.78 is 1.41. The highest BCUT2D eigenvalue weighted by Crippen LogP contribution is 2.33. The minimum absolute atomic E-state index is 0.0834. The van der Waals surface area contributed by atoms with E-state index in [4.69, 9.17) is 0 Å². The molecule has 6 heteroatoms. The maximum Gasteiger partial charge on any atom is 0.275 e. The van der Waals surface area contributed by atoms with Crippen LogP contribution in [0, 0.1) is 5.92 Å². The summed E-state index contributed by atoms with van der Waals surface area (Å²) in [6.07, 6.45) is 4.73. The van der Waals surface area contributed by atoms with Crippen molar-refractivity contribution in [2.45, 2.75) is 32.6 Å². The second kappa shape index (κ2) is 4.92. The molecule has 0 amide bonds. The zero-order chi connectivity index (χ0) is 13.4. The van der Waals surface area contributed by atoms with Crippen molar-refractivity contribution in [1.82, 2.24) is 14.6 Å². The Hall–Kier alpha value is -1.43. The van der Waals surface area contributed by atoms with Crippen molar-refractivity contribution in [3.05, 3.63) is 22.1 Å². The lowest BCUT2D eigenvalue weighted by Gasteiger charge is -2.13. The third-order valence-electron chi connectivity index (χ3n) is 3.55. The van der Waals surface area contributed by atoms with Crippen molar-refractivity contribution in [3.63, 3.8) is 0 Å². The molecule has 0 spiro atoms. The van der Waals surface area contributed by atoms with Gasteiger partial charge in [0, 0.05) is 25.4 Å². The molecule has 19 heavy (non-hydrogen) atoms. The maximum atomic E-state index is 11.9. The van der Waals surface area contributed by atoms with E-state index in [1.165, 1.54) is 35.1 Å². The van der Waals surface area contributed by atoms with Crippen molar-refractivity contribution < 1.29 is 0 Å². The van der Waals surface area contributed by atoms with Gasteiger partial charge in [0.1, 0.15) is 0 Å². The first-order valence-electron chi connectivity index (χ1n) is 6.78. The van der Waals surface area contributed by atoms with E-state index in [1.54, 1.807) is 6.07 Å². The van der Waals surface area contributed by atoms with Crippen LogP contribution in [0.5, 0.6) is 0 Å². The molecule has 0 saturated heterocycles. The van der Waals surface area contributed by atoms with E-state index in [0.717, 1.165) is 29.7 Å². The fourth-order valence-electron chi connectivity index (χ4n) is 2.06. The van der Waals surface area contributed by atoms with Crippen LogP contribution < -0.4 is 10.5 Å². The quantitative estimate of drug-likeness (QED) is 0.839. The van der Waals surface area contributed by atoms with Gasteiger partial charge in [-0.3, -0.25) is 4.79 Å². The highest BCUT2D eigenvalue weighted by molar-refractivity contribution is 7.20. The summed E-state index contributed by atoms with van der Waals surface area (Å²) in [5.41, 5.74) is 0.751. The van der Waals surface area contributed by atoms with Crippen molar-refractivity contribution in [2.75, 3.05) is 18.5 Å². The number of aryl methyl sites for hydroxylation is 1. The molecule has 3 rings (SSSR count). The highest BCUT2D eigenvalue weighted by Gasteiger charge is 2.22.